The Morgan fingerprint density at radius 2 is 2.18 bits per heavy atom. The number of ketones is 1. The highest BCUT2D eigenvalue weighted by Crippen LogP contribution is 2.18. The first-order valence-corrected chi connectivity index (χ1v) is 6.34. The maximum Gasteiger partial charge on any atom is 0.306 e. The quantitative estimate of drug-likeness (QED) is 0.442. The third-order valence-electron chi connectivity index (χ3n) is 2.15. The fourth-order valence-corrected chi connectivity index (χ4v) is 1.96. The fraction of sp³-hybridized carbons (Fsp3) is 0.417. The lowest BCUT2D eigenvalue weighted by Crippen LogP contribution is -2.01. The molecule has 0 aliphatic heterocycles. The summed E-state index contributed by atoms with van der Waals surface area (Å²) in [6, 6.07) is 3.56. The minimum Gasteiger partial charge on any atom is -0.469 e. The van der Waals surface area contributed by atoms with Gasteiger partial charge in [-0.2, -0.15) is 0 Å². The van der Waals surface area contributed by atoms with Gasteiger partial charge in [-0.15, -0.1) is 11.8 Å². The number of thioether (sulfide) groups is 1. The van der Waals surface area contributed by atoms with Crippen molar-refractivity contribution in [2.75, 3.05) is 12.9 Å². The van der Waals surface area contributed by atoms with E-state index in [9.17, 15) is 9.59 Å². The molecule has 0 aromatic carbocycles. The Balaban J connectivity index is 2.46. The largest absolute Gasteiger partial charge is 0.469 e. The topological polar surface area (TPSA) is 56.3 Å². The van der Waals surface area contributed by atoms with Crippen LogP contribution < -0.4 is 0 Å². The molecule has 0 unspecified atom stereocenters. The summed E-state index contributed by atoms with van der Waals surface area (Å²) in [5, 5.41) is 0. The molecule has 1 heterocycles. The van der Waals surface area contributed by atoms with Crippen molar-refractivity contribution < 1.29 is 14.3 Å². The summed E-state index contributed by atoms with van der Waals surface area (Å²) in [4.78, 5) is 27.3. The molecule has 0 amide bonds. The van der Waals surface area contributed by atoms with E-state index in [-0.39, 0.29) is 11.8 Å². The highest BCUT2D eigenvalue weighted by Gasteiger charge is 2.05. The average Bonchev–Trinajstić information content (AvgIpc) is 2.38. The van der Waals surface area contributed by atoms with Crippen molar-refractivity contribution in [3.63, 3.8) is 0 Å². The van der Waals surface area contributed by atoms with Crippen LogP contribution in [0.3, 0.4) is 0 Å². The van der Waals surface area contributed by atoms with Crippen LogP contribution in [0.1, 0.15) is 30.3 Å². The first kappa shape index (κ1) is 13.7. The summed E-state index contributed by atoms with van der Waals surface area (Å²) >= 11 is 1.52. The van der Waals surface area contributed by atoms with Crippen molar-refractivity contribution in [2.45, 2.75) is 24.7 Å². The van der Waals surface area contributed by atoms with Gasteiger partial charge in [0.25, 0.3) is 0 Å². The van der Waals surface area contributed by atoms with E-state index in [0.29, 0.717) is 24.3 Å². The first-order valence-electron chi connectivity index (χ1n) is 5.36. The summed E-state index contributed by atoms with van der Waals surface area (Å²) in [5.74, 6) is 0.467. The Morgan fingerprint density at radius 1 is 1.41 bits per heavy atom. The second-order valence-electron chi connectivity index (χ2n) is 3.33. The maximum atomic E-state index is 11.3. The normalized spacial score (nSPS) is 10.0. The molecule has 5 heteroatoms. The second-order valence-corrected chi connectivity index (χ2v) is 4.50. The number of carbonyl (C=O) groups is 2. The number of ether oxygens (including phenoxy) is 1. The lowest BCUT2D eigenvalue weighted by atomic mass is 10.2. The van der Waals surface area contributed by atoms with Gasteiger partial charge in [0.05, 0.1) is 13.5 Å². The summed E-state index contributed by atoms with van der Waals surface area (Å²) in [6.45, 7) is 1.81. The number of nitrogens with zero attached hydrogens (tertiary/aromatic N) is 1. The Kier molecular flexibility index (Phi) is 5.69. The van der Waals surface area contributed by atoms with Crippen LogP contribution in [-0.4, -0.2) is 29.6 Å². The molecule has 1 aromatic rings. The van der Waals surface area contributed by atoms with Crippen molar-refractivity contribution >= 4 is 23.5 Å². The van der Waals surface area contributed by atoms with Gasteiger partial charge in [0.1, 0.15) is 5.69 Å². The Hall–Kier alpha value is -1.36. The first-order chi connectivity index (χ1) is 8.17. The van der Waals surface area contributed by atoms with Gasteiger partial charge < -0.3 is 4.74 Å². The molecule has 1 rings (SSSR count). The van der Waals surface area contributed by atoms with E-state index in [4.69, 9.17) is 0 Å². The molecule has 0 aliphatic rings. The Morgan fingerprint density at radius 3 is 2.71 bits per heavy atom. The lowest BCUT2D eigenvalue weighted by molar-refractivity contribution is -0.140. The van der Waals surface area contributed by atoms with Crippen LogP contribution in [0.15, 0.2) is 23.2 Å². The molecule has 0 N–H and O–H groups in total. The number of esters is 1. The third kappa shape index (κ3) is 4.56. The lowest BCUT2D eigenvalue weighted by Gasteiger charge is -2.02. The molecule has 0 bridgehead atoms. The molecule has 1 aromatic heterocycles. The van der Waals surface area contributed by atoms with Gasteiger partial charge in [0.2, 0.25) is 0 Å². The number of hydrogen-bond donors (Lipinski definition) is 0. The zero-order chi connectivity index (χ0) is 12.7. The van der Waals surface area contributed by atoms with Crippen LogP contribution in [-0.2, 0) is 9.53 Å². The van der Waals surface area contributed by atoms with E-state index >= 15 is 0 Å². The predicted octanol–water partition coefficient (Wildman–Crippen LogP) is 2.33. The summed E-state index contributed by atoms with van der Waals surface area (Å²) < 4.78 is 4.54. The minimum atomic E-state index is -0.219. The van der Waals surface area contributed by atoms with Crippen LogP contribution in [0, 0.1) is 0 Å². The molecule has 0 spiro atoms. The van der Waals surface area contributed by atoms with Gasteiger partial charge >= 0.3 is 5.97 Å². The fourth-order valence-electron chi connectivity index (χ4n) is 1.17. The minimum absolute atomic E-state index is 0.0381. The summed E-state index contributed by atoms with van der Waals surface area (Å²) in [6.07, 6.45) is 2.49. The Labute approximate surface area is 105 Å². The monoisotopic (exact) mass is 253 g/mol. The number of pyridine rings is 1. The zero-order valence-corrected chi connectivity index (χ0v) is 10.8. The number of methoxy groups -OCH3 is 1. The van der Waals surface area contributed by atoms with Crippen molar-refractivity contribution in [2.24, 2.45) is 0 Å². The van der Waals surface area contributed by atoms with Crippen LogP contribution in [0.2, 0.25) is 0 Å². The molecule has 0 radical (unpaired) electrons. The van der Waals surface area contributed by atoms with Crippen LogP contribution >= 0.6 is 11.8 Å². The highest BCUT2D eigenvalue weighted by molar-refractivity contribution is 7.99. The number of carbonyl (C=O) groups excluding carboxylic acids is 2. The van der Waals surface area contributed by atoms with Gasteiger partial charge in [0, 0.05) is 23.3 Å². The molecule has 0 fully saturated rings. The van der Waals surface area contributed by atoms with E-state index in [2.05, 4.69) is 9.72 Å². The SMILES string of the molecule is CCC(=O)c1ccc(SCCC(=O)OC)cn1. The van der Waals surface area contributed by atoms with Gasteiger partial charge in [-0.1, -0.05) is 6.92 Å². The van der Waals surface area contributed by atoms with E-state index in [1.807, 2.05) is 13.0 Å². The van der Waals surface area contributed by atoms with E-state index in [0.717, 1.165) is 4.90 Å². The number of aromatic nitrogens is 1. The Bertz CT molecular complexity index is 389. The molecule has 0 atom stereocenters. The summed E-state index contributed by atoms with van der Waals surface area (Å²) in [5.41, 5.74) is 0.491. The molecular weight excluding hydrogens is 238 g/mol. The van der Waals surface area contributed by atoms with Gasteiger partial charge in [-0.3, -0.25) is 14.6 Å². The standard InChI is InChI=1S/C12H15NO3S/c1-3-11(14)10-5-4-9(8-13-10)17-7-6-12(15)16-2/h4-5,8H,3,6-7H2,1-2H3. The molecule has 4 nitrogen and oxygen atoms in total. The zero-order valence-electron chi connectivity index (χ0n) is 9.93. The van der Waals surface area contributed by atoms with E-state index < -0.39 is 0 Å². The molecule has 17 heavy (non-hydrogen) atoms. The molecule has 0 saturated carbocycles. The molecule has 0 aliphatic carbocycles. The number of hydrogen-bond acceptors (Lipinski definition) is 5. The van der Waals surface area contributed by atoms with Gasteiger partial charge in [-0.25, -0.2) is 0 Å². The molecular formula is C12H15NO3S. The van der Waals surface area contributed by atoms with Crippen molar-refractivity contribution in [3.8, 4) is 0 Å². The van der Waals surface area contributed by atoms with Gasteiger partial charge in [0.15, 0.2) is 5.78 Å². The van der Waals surface area contributed by atoms with E-state index in [1.165, 1.54) is 18.9 Å². The summed E-state index contributed by atoms with van der Waals surface area (Å²) in [7, 11) is 1.37. The highest BCUT2D eigenvalue weighted by atomic mass is 32.2. The van der Waals surface area contributed by atoms with Crippen LogP contribution in [0.4, 0.5) is 0 Å². The smallest absolute Gasteiger partial charge is 0.306 e. The number of rotatable bonds is 6. The van der Waals surface area contributed by atoms with Gasteiger partial charge in [-0.05, 0) is 12.1 Å². The average molecular weight is 253 g/mol. The number of Topliss-reactive ketones (excluding diaryl/α,β-unsaturated/α-hetero) is 1. The molecule has 0 saturated heterocycles. The van der Waals surface area contributed by atoms with Crippen LogP contribution in [0.5, 0.6) is 0 Å². The third-order valence-corrected chi connectivity index (χ3v) is 3.13. The van der Waals surface area contributed by atoms with Crippen molar-refractivity contribution in [1.82, 2.24) is 4.98 Å². The van der Waals surface area contributed by atoms with Crippen LogP contribution in [0.25, 0.3) is 0 Å². The van der Waals surface area contributed by atoms with Crippen molar-refractivity contribution in [1.29, 1.82) is 0 Å². The maximum absolute atomic E-state index is 11.3. The van der Waals surface area contributed by atoms with Crippen molar-refractivity contribution in [3.05, 3.63) is 24.0 Å². The van der Waals surface area contributed by atoms with E-state index in [1.54, 1.807) is 12.3 Å². The molecule has 92 valence electrons. The predicted molar refractivity (Wildman–Crippen MR) is 66.2 cm³/mol. The second kappa shape index (κ2) is 7.06.